The van der Waals surface area contributed by atoms with E-state index < -0.39 is 21.7 Å². The SMILES string of the molecule is CC(C)(C)OC(=O)N1CC(CCl)c2c1ccc1c(S(N)(=O)=O)cccc21. The number of ether oxygens (including phenoxy) is 1. The number of anilines is 1. The van der Waals surface area contributed by atoms with Gasteiger partial charge in [0.05, 0.1) is 10.6 Å². The van der Waals surface area contributed by atoms with E-state index in [4.69, 9.17) is 21.5 Å². The molecule has 6 nitrogen and oxygen atoms in total. The predicted molar refractivity (Wildman–Crippen MR) is 102 cm³/mol. The van der Waals surface area contributed by atoms with Gasteiger partial charge in [-0.2, -0.15) is 0 Å². The highest BCUT2D eigenvalue weighted by Gasteiger charge is 2.36. The first-order chi connectivity index (χ1) is 12.0. The Labute approximate surface area is 157 Å². The fraction of sp³-hybridized carbons (Fsp3) is 0.389. The molecule has 1 unspecified atom stereocenters. The highest BCUT2D eigenvalue weighted by molar-refractivity contribution is 7.89. The predicted octanol–water partition coefficient (Wildman–Crippen LogP) is 3.56. The van der Waals surface area contributed by atoms with Crippen molar-refractivity contribution < 1.29 is 17.9 Å². The zero-order valence-electron chi connectivity index (χ0n) is 14.8. The van der Waals surface area contributed by atoms with Gasteiger partial charge >= 0.3 is 6.09 Å². The Balaban J connectivity index is 2.18. The minimum absolute atomic E-state index is 0.0573. The molecule has 8 heteroatoms. The molecule has 26 heavy (non-hydrogen) atoms. The van der Waals surface area contributed by atoms with Crippen LogP contribution in [0.25, 0.3) is 10.8 Å². The summed E-state index contributed by atoms with van der Waals surface area (Å²) in [5.41, 5.74) is 0.909. The highest BCUT2D eigenvalue weighted by Crippen LogP contribution is 2.43. The summed E-state index contributed by atoms with van der Waals surface area (Å²) < 4.78 is 29.3. The van der Waals surface area contributed by atoms with Crippen molar-refractivity contribution in [1.82, 2.24) is 0 Å². The van der Waals surface area contributed by atoms with Crippen molar-refractivity contribution >= 4 is 44.2 Å². The number of alkyl halides is 1. The summed E-state index contributed by atoms with van der Waals surface area (Å²) >= 11 is 6.15. The fourth-order valence-corrected chi connectivity index (χ4v) is 4.28. The van der Waals surface area contributed by atoms with Crippen LogP contribution in [0, 0.1) is 0 Å². The van der Waals surface area contributed by atoms with E-state index in [1.54, 1.807) is 43.9 Å². The molecule has 2 aromatic rings. The molecule has 0 radical (unpaired) electrons. The second-order valence-corrected chi connectivity index (χ2v) is 9.18. The minimum Gasteiger partial charge on any atom is -0.443 e. The normalized spacial score (nSPS) is 17.4. The Morgan fingerprint density at radius 1 is 1.27 bits per heavy atom. The van der Waals surface area contributed by atoms with Crippen LogP contribution >= 0.6 is 11.6 Å². The molecule has 1 heterocycles. The number of amides is 1. The van der Waals surface area contributed by atoms with E-state index in [1.807, 2.05) is 6.07 Å². The third-order valence-electron chi connectivity index (χ3n) is 4.25. The number of carbonyl (C=O) groups excluding carboxylic acids is 1. The maximum Gasteiger partial charge on any atom is 0.414 e. The van der Waals surface area contributed by atoms with Crippen molar-refractivity contribution in [2.45, 2.75) is 37.2 Å². The molecule has 0 aromatic heterocycles. The second kappa shape index (κ2) is 6.40. The highest BCUT2D eigenvalue weighted by atomic mass is 35.5. The van der Waals surface area contributed by atoms with Crippen LogP contribution in [0.2, 0.25) is 0 Å². The summed E-state index contributed by atoms with van der Waals surface area (Å²) in [6.45, 7) is 5.80. The Hall–Kier alpha value is -1.83. The van der Waals surface area contributed by atoms with Gasteiger partial charge in [0.25, 0.3) is 0 Å². The van der Waals surface area contributed by atoms with Gasteiger partial charge in [-0.1, -0.05) is 18.2 Å². The summed E-state index contributed by atoms with van der Waals surface area (Å²) in [5, 5.41) is 6.59. The molecular formula is C18H21ClN2O4S. The third kappa shape index (κ3) is 3.39. The summed E-state index contributed by atoms with van der Waals surface area (Å²) in [4.78, 5) is 14.2. The van der Waals surface area contributed by atoms with Gasteiger partial charge in [0.15, 0.2) is 0 Å². The molecule has 0 bridgehead atoms. The number of hydrogen-bond acceptors (Lipinski definition) is 4. The first-order valence-corrected chi connectivity index (χ1v) is 10.3. The smallest absolute Gasteiger partial charge is 0.414 e. The molecular weight excluding hydrogens is 376 g/mol. The van der Waals surface area contributed by atoms with Gasteiger partial charge in [-0.25, -0.2) is 18.4 Å². The molecule has 1 aliphatic heterocycles. The van der Waals surface area contributed by atoms with E-state index in [2.05, 4.69) is 0 Å². The number of rotatable bonds is 2. The number of nitrogens with zero attached hydrogens (tertiary/aromatic N) is 1. The number of sulfonamides is 1. The lowest BCUT2D eigenvalue weighted by Crippen LogP contribution is -2.36. The Morgan fingerprint density at radius 2 is 1.96 bits per heavy atom. The summed E-state index contributed by atoms with van der Waals surface area (Å²) in [6.07, 6.45) is -0.451. The molecule has 1 amide bonds. The standard InChI is InChI=1S/C18H21ClN2O4S/c1-18(2,3)25-17(22)21-10-11(9-19)16-13-5-4-6-15(26(20,23)24)12(13)7-8-14(16)21/h4-8,11H,9-10H2,1-3H3,(H2,20,23,24). The summed E-state index contributed by atoms with van der Waals surface area (Å²) in [6, 6.07) is 8.33. The zero-order valence-corrected chi connectivity index (χ0v) is 16.4. The number of hydrogen-bond donors (Lipinski definition) is 1. The fourth-order valence-electron chi connectivity index (χ4n) is 3.28. The van der Waals surface area contributed by atoms with E-state index in [0.717, 1.165) is 10.9 Å². The third-order valence-corrected chi connectivity index (χ3v) is 5.59. The van der Waals surface area contributed by atoms with Crippen LogP contribution in [-0.4, -0.2) is 32.5 Å². The number of primary sulfonamides is 1. The van der Waals surface area contributed by atoms with E-state index in [1.165, 1.54) is 6.07 Å². The van der Waals surface area contributed by atoms with E-state index in [9.17, 15) is 13.2 Å². The molecule has 0 aliphatic carbocycles. The lowest BCUT2D eigenvalue weighted by atomic mass is 9.96. The van der Waals surface area contributed by atoms with Gasteiger partial charge in [-0.3, -0.25) is 4.90 Å². The molecule has 2 aromatic carbocycles. The van der Waals surface area contributed by atoms with Crippen LogP contribution in [0.15, 0.2) is 35.2 Å². The average molecular weight is 397 g/mol. The molecule has 0 spiro atoms. The monoisotopic (exact) mass is 396 g/mol. The van der Waals surface area contributed by atoms with Crippen LogP contribution in [0.4, 0.5) is 10.5 Å². The molecule has 3 rings (SSSR count). The van der Waals surface area contributed by atoms with Crippen molar-refractivity contribution in [3.05, 3.63) is 35.9 Å². The molecule has 1 atom stereocenters. The maximum atomic E-state index is 12.6. The van der Waals surface area contributed by atoms with E-state index >= 15 is 0 Å². The number of benzene rings is 2. The van der Waals surface area contributed by atoms with Crippen LogP contribution in [0.5, 0.6) is 0 Å². The number of carbonyl (C=O) groups is 1. The molecule has 1 aliphatic rings. The lowest BCUT2D eigenvalue weighted by Gasteiger charge is -2.25. The van der Waals surface area contributed by atoms with Crippen molar-refractivity contribution in [1.29, 1.82) is 0 Å². The van der Waals surface area contributed by atoms with Crippen LogP contribution in [-0.2, 0) is 14.8 Å². The molecule has 140 valence electrons. The van der Waals surface area contributed by atoms with Gasteiger partial charge in [0, 0.05) is 23.7 Å². The van der Waals surface area contributed by atoms with E-state index in [0.29, 0.717) is 23.5 Å². The minimum atomic E-state index is -3.86. The average Bonchev–Trinajstić information content (AvgIpc) is 2.91. The molecule has 0 saturated heterocycles. The maximum absolute atomic E-state index is 12.6. The van der Waals surface area contributed by atoms with Crippen molar-refractivity contribution in [3.8, 4) is 0 Å². The quantitative estimate of drug-likeness (QED) is 0.786. The molecule has 0 fully saturated rings. The lowest BCUT2D eigenvalue weighted by molar-refractivity contribution is 0.0582. The van der Waals surface area contributed by atoms with Crippen molar-refractivity contribution in [2.24, 2.45) is 5.14 Å². The summed E-state index contributed by atoms with van der Waals surface area (Å²) in [5.74, 6) is 0.170. The first kappa shape index (κ1) is 18.9. The van der Waals surface area contributed by atoms with Crippen molar-refractivity contribution in [2.75, 3.05) is 17.3 Å². The largest absolute Gasteiger partial charge is 0.443 e. The number of halogens is 1. The van der Waals surface area contributed by atoms with Gasteiger partial charge < -0.3 is 4.74 Å². The topological polar surface area (TPSA) is 89.7 Å². The number of fused-ring (bicyclic) bond motifs is 3. The number of nitrogens with two attached hydrogens (primary N) is 1. The second-order valence-electron chi connectivity index (χ2n) is 7.34. The van der Waals surface area contributed by atoms with Gasteiger partial charge in [-0.05, 0) is 43.9 Å². The van der Waals surface area contributed by atoms with Crippen LogP contribution in [0.3, 0.4) is 0 Å². The van der Waals surface area contributed by atoms with Gasteiger partial charge in [0.2, 0.25) is 10.0 Å². The van der Waals surface area contributed by atoms with Crippen molar-refractivity contribution in [3.63, 3.8) is 0 Å². The summed E-state index contributed by atoms with van der Waals surface area (Å²) in [7, 11) is -3.86. The Kier molecular flexibility index (Phi) is 4.67. The van der Waals surface area contributed by atoms with Crippen LogP contribution < -0.4 is 10.0 Å². The van der Waals surface area contributed by atoms with Crippen LogP contribution in [0.1, 0.15) is 32.3 Å². The zero-order chi connectivity index (χ0) is 19.3. The first-order valence-electron chi connectivity index (χ1n) is 8.18. The van der Waals surface area contributed by atoms with Gasteiger partial charge in [0.1, 0.15) is 5.60 Å². The Morgan fingerprint density at radius 3 is 2.54 bits per heavy atom. The van der Waals surface area contributed by atoms with Gasteiger partial charge in [-0.15, -0.1) is 11.6 Å². The Bertz CT molecular complexity index is 983. The van der Waals surface area contributed by atoms with E-state index in [-0.39, 0.29) is 10.8 Å². The molecule has 2 N–H and O–H groups in total. The molecule has 0 saturated carbocycles.